The lowest BCUT2D eigenvalue weighted by atomic mass is 10.2. The number of carbonyl (C=O) groups is 1. The standard InChI is InChI=1S/C13H12F3N3OS/c1-19-7-10(11(18-19)13(14,15)16)12(20)17-8-4-3-5-9(6-8)21-2/h3-7H,1-2H3,(H,17,20). The Balaban J connectivity index is 2.28. The van der Waals surface area contributed by atoms with Gasteiger partial charge >= 0.3 is 6.18 Å². The summed E-state index contributed by atoms with van der Waals surface area (Å²) in [7, 11) is 1.33. The molecule has 2 rings (SSSR count). The number of amides is 1. The van der Waals surface area contributed by atoms with Crippen molar-refractivity contribution in [2.24, 2.45) is 7.05 Å². The van der Waals surface area contributed by atoms with Crippen LogP contribution in [-0.4, -0.2) is 21.9 Å². The van der Waals surface area contributed by atoms with Gasteiger partial charge in [-0.3, -0.25) is 9.48 Å². The molecule has 1 aromatic heterocycles. The monoisotopic (exact) mass is 315 g/mol. The van der Waals surface area contributed by atoms with Crippen molar-refractivity contribution in [2.75, 3.05) is 11.6 Å². The fourth-order valence-corrected chi connectivity index (χ4v) is 2.22. The van der Waals surface area contributed by atoms with E-state index in [1.54, 1.807) is 18.2 Å². The summed E-state index contributed by atoms with van der Waals surface area (Å²) in [6, 6.07) is 6.86. The number of hydrogen-bond donors (Lipinski definition) is 1. The Kier molecular flexibility index (Phi) is 4.26. The van der Waals surface area contributed by atoms with E-state index < -0.39 is 23.3 Å². The number of halogens is 3. The predicted octanol–water partition coefficient (Wildman–Crippen LogP) is 3.41. The zero-order valence-electron chi connectivity index (χ0n) is 11.2. The van der Waals surface area contributed by atoms with Gasteiger partial charge in [0.15, 0.2) is 5.69 Å². The van der Waals surface area contributed by atoms with Gasteiger partial charge in [0.05, 0.1) is 5.56 Å². The van der Waals surface area contributed by atoms with Crippen LogP contribution in [0.25, 0.3) is 0 Å². The number of aromatic nitrogens is 2. The highest BCUT2D eigenvalue weighted by Crippen LogP contribution is 2.31. The number of carbonyl (C=O) groups excluding carboxylic acids is 1. The zero-order chi connectivity index (χ0) is 15.6. The number of hydrogen-bond acceptors (Lipinski definition) is 3. The molecule has 0 aliphatic carbocycles. The van der Waals surface area contributed by atoms with Crippen LogP contribution < -0.4 is 5.32 Å². The second-order valence-corrected chi connectivity index (χ2v) is 5.13. The molecule has 0 spiro atoms. The summed E-state index contributed by atoms with van der Waals surface area (Å²) in [5, 5.41) is 5.76. The van der Waals surface area contributed by atoms with Gasteiger partial charge < -0.3 is 5.32 Å². The number of nitrogens with zero attached hydrogens (tertiary/aromatic N) is 2. The lowest BCUT2D eigenvalue weighted by molar-refractivity contribution is -0.141. The minimum Gasteiger partial charge on any atom is -0.322 e. The summed E-state index contributed by atoms with van der Waals surface area (Å²) in [5.74, 6) is -0.839. The fourth-order valence-electron chi connectivity index (χ4n) is 1.76. The summed E-state index contributed by atoms with van der Waals surface area (Å²) in [4.78, 5) is 12.9. The Morgan fingerprint density at radius 3 is 2.71 bits per heavy atom. The third kappa shape index (κ3) is 3.57. The summed E-state index contributed by atoms with van der Waals surface area (Å²) in [5.41, 5.74) is -1.26. The molecule has 0 saturated carbocycles. The van der Waals surface area contributed by atoms with Crippen LogP contribution in [0.5, 0.6) is 0 Å². The third-order valence-electron chi connectivity index (χ3n) is 2.67. The SMILES string of the molecule is CSc1cccc(NC(=O)c2cn(C)nc2C(F)(F)F)c1. The van der Waals surface area contributed by atoms with Crippen molar-refractivity contribution < 1.29 is 18.0 Å². The van der Waals surface area contributed by atoms with Crippen LogP contribution in [0.4, 0.5) is 18.9 Å². The van der Waals surface area contributed by atoms with Gasteiger partial charge in [0.2, 0.25) is 0 Å². The maximum atomic E-state index is 12.8. The molecule has 0 bridgehead atoms. The lowest BCUT2D eigenvalue weighted by Crippen LogP contribution is -2.17. The highest BCUT2D eigenvalue weighted by atomic mass is 32.2. The van der Waals surface area contributed by atoms with Crippen LogP contribution >= 0.6 is 11.8 Å². The average Bonchev–Trinajstić information content (AvgIpc) is 2.81. The van der Waals surface area contributed by atoms with Gasteiger partial charge in [-0.25, -0.2) is 0 Å². The molecule has 1 amide bonds. The molecule has 1 heterocycles. The molecular weight excluding hydrogens is 303 g/mol. The maximum absolute atomic E-state index is 12.8. The number of aryl methyl sites for hydroxylation is 1. The van der Waals surface area contributed by atoms with E-state index in [0.29, 0.717) is 5.69 Å². The molecule has 21 heavy (non-hydrogen) atoms. The van der Waals surface area contributed by atoms with Gasteiger partial charge in [-0.05, 0) is 24.5 Å². The smallest absolute Gasteiger partial charge is 0.322 e. The van der Waals surface area contributed by atoms with E-state index in [0.717, 1.165) is 15.8 Å². The molecule has 1 N–H and O–H groups in total. The molecule has 0 aliphatic rings. The molecule has 8 heteroatoms. The van der Waals surface area contributed by atoms with Crippen molar-refractivity contribution >= 4 is 23.4 Å². The molecule has 2 aromatic rings. The topological polar surface area (TPSA) is 46.9 Å². The number of benzene rings is 1. The zero-order valence-corrected chi connectivity index (χ0v) is 12.0. The molecule has 0 aliphatic heterocycles. The second-order valence-electron chi connectivity index (χ2n) is 4.25. The largest absolute Gasteiger partial charge is 0.435 e. The van der Waals surface area contributed by atoms with Crippen molar-refractivity contribution in [3.63, 3.8) is 0 Å². The molecule has 1 aromatic carbocycles. The Morgan fingerprint density at radius 1 is 1.38 bits per heavy atom. The molecule has 0 radical (unpaired) electrons. The van der Waals surface area contributed by atoms with Crippen molar-refractivity contribution in [3.05, 3.63) is 41.7 Å². The number of thioether (sulfide) groups is 1. The molecule has 112 valence electrons. The van der Waals surface area contributed by atoms with Gasteiger partial charge in [-0.1, -0.05) is 6.07 Å². The van der Waals surface area contributed by atoms with Gasteiger partial charge in [0, 0.05) is 23.8 Å². The summed E-state index contributed by atoms with van der Waals surface area (Å²) >= 11 is 1.47. The van der Waals surface area contributed by atoms with Crippen LogP contribution in [0, 0.1) is 0 Å². The molecule has 4 nitrogen and oxygen atoms in total. The Labute approximate surface area is 123 Å². The van der Waals surface area contributed by atoms with Crippen LogP contribution in [0.2, 0.25) is 0 Å². The molecule has 0 fully saturated rings. The van der Waals surface area contributed by atoms with E-state index in [2.05, 4.69) is 10.4 Å². The minimum atomic E-state index is -4.67. The first-order valence-corrected chi connectivity index (χ1v) is 7.10. The first kappa shape index (κ1) is 15.4. The van der Waals surface area contributed by atoms with Gasteiger partial charge in [0.25, 0.3) is 5.91 Å². The highest BCUT2D eigenvalue weighted by Gasteiger charge is 2.38. The first-order valence-electron chi connectivity index (χ1n) is 5.87. The Bertz CT molecular complexity index is 667. The Hall–Kier alpha value is -1.96. The predicted molar refractivity (Wildman–Crippen MR) is 74.4 cm³/mol. The van der Waals surface area contributed by atoms with Crippen molar-refractivity contribution in [2.45, 2.75) is 11.1 Å². The van der Waals surface area contributed by atoms with Crippen LogP contribution in [0.3, 0.4) is 0 Å². The van der Waals surface area contributed by atoms with Crippen LogP contribution in [0.15, 0.2) is 35.4 Å². The van der Waals surface area contributed by atoms with Crippen LogP contribution in [-0.2, 0) is 13.2 Å². The molecule has 0 unspecified atom stereocenters. The van der Waals surface area contributed by atoms with Crippen molar-refractivity contribution in [1.29, 1.82) is 0 Å². The summed E-state index contributed by atoms with van der Waals surface area (Å²) < 4.78 is 39.4. The maximum Gasteiger partial charge on any atom is 0.435 e. The molecular formula is C13H12F3N3OS. The number of anilines is 1. The van der Waals surface area contributed by atoms with Crippen molar-refractivity contribution in [1.82, 2.24) is 9.78 Å². The fraction of sp³-hybridized carbons (Fsp3) is 0.231. The third-order valence-corrected chi connectivity index (χ3v) is 3.39. The highest BCUT2D eigenvalue weighted by molar-refractivity contribution is 7.98. The molecule has 0 saturated heterocycles. The van der Waals surface area contributed by atoms with Crippen LogP contribution in [0.1, 0.15) is 16.1 Å². The summed E-state index contributed by atoms with van der Waals surface area (Å²) in [6.45, 7) is 0. The first-order chi connectivity index (χ1) is 9.81. The lowest BCUT2D eigenvalue weighted by Gasteiger charge is -2.08. The van der Waals surface area contributed by atoms with E-state index in [4.69, 9.17) is 0 Å². The van der Waals surface area contributed by atoms with E-state index >= 15 is 0 Å². The van der Waals surface area contributed by atoms with E-state index in [9.17, 15) is 18.0 Å². The number of rotatable bonds is 3. The average molecular weight is 315 g/mol. The van der Waals surface area contributed by atoms with Crippen molar-refractivity contribution in [3.8, 4) is 0 Å². The quantitative estimate of drug-likeness (QED) is 0.883. The van der Waals surface area contributed by atoms with Gasteiger partial charge in [-0.2, -0.15) is 18.3 Å². The van der Waals surface area contributed by atoms with Gasteiger partial charge in [0.1, 0.15) is 0 Å². The van der Waals surface area contributed by atoms with E-state index in [1.807, 2.05) is 12.3 Å². The summed E-state index contributed by atoms with van der Waals surface area (Å²) in [6.07, 6.45) is -1.75. The number of nitrogens with one attached hydrogen (secondary N) is 1. The molecule has 0 atom stereocenters. The van der Waals surface area contributed by atoms with E-state index in [-0.39, 0.29) is 0 Å². The normalized spacial score (nSPS) is 11.5. The van der Waals surface area contributed by atoms with Gasteiger partial charge in [-0.15, -0.1) is 11.8 Å². The van der Waals surface area contributed by atoms with E-state index in [1.165, 1.54) is 18.8 Å². The minimum absolute atomic E-state index is 0.434. The number of alkyl halides is 3. The Morgan fingerprint density at radius 2 is 2.10 bits per heavy atom. The second kappa shape index (κ2) is 5.80.